The Labute approximate surface area is 193 Å². The molecule has 9 heteroatoms. The smallest absolute Gasteiger partial charge is 0.225 e. The Morgan fingerprint density at radius 3 is 2.44 bits per heavy atom. The third-order valence-corrected chi connectivity index (χ3v) is 6.22. The van der Waals surface area contributed by atoms with Crippen LogP contribution in [0.15, 0.2) is 23.5 Å². The third-order valence-electron chi connectivity index (χ3n) is 6.22. The summed E-state index contributed by atoms with van der Waals surface area (Å²) in [6.45, 7) is 18.2. The molecule has 2 fully saturated rings. The van der Waals surface area contributed by atoms with Gasteiger partial charge in [-0.25, -0.2) is 9.97 Å². The number of nitrogens with zero attached hydrogens (tertiary/aromatic N) is 6. The second kappa shape index (κ2) is 13.5. The largest absolute Gasteiger partial charge is 0.379 e. The summed E-state index contributed by atoms with van der Waals surface area (Å²) in [7, 11) is 0. The van der Waals surface area contributed by atoms with Gasteiger partial charge in [0, 0.05) is 70.8 Å². The van der Waals surface area contributed by atoms with Crippen LogP contribution >= 0.6 is 0 Å². The Bertz CT molecular complexity index is 657. The van der Waals surface area contributed by atoms with Crippen LogP contribution in [0.3, 0.4) is 0 Å². The monoisotopic (exact) mass is 446 g/mol. The van der Waals surface area contributed by atoms with Crippen LogP contribution in [-0.2, 0) is 4.74 Å². The van der Waals surface area contributed by atoms with E-state index >= 15 is 0 Å². The van der Waals surface area contributed by atoms with E-state index in [0.29, 0.717) is 12.0 Å². The minimum atomic E-state index is 0.458. The summed E-state index contributed by atoms with van der Waals surface area (Å²) in [5.41, 5.74) is 0. The maximum Gasteiger partial charge on any atom is 0.225 e. The number of rotatable bonds is 10. The molecule has 2 aliphatic heterocycles. The maximum atomic E-state index is 5.52. The van der Waals surface area contributed by atoms with E-state index in [1.54, 1.807) is 0 Å². The number of aromatic nitrogens is 2. The number of ether oxygens (including phenoxy) is 1. The van der Waals surface area contributed by atoms with Crippen LogP contribution in [0.25, 0.3) is 0 Å². The van der Waals surface area contributed by atoms with E-state index in [-0.39, 0.29) is 0 Å². The van der Waals surface area contributed by atoms with Crippen LogP contribution in [0, 0.1) is 5.92 Å². The number of nitrogens with one attached hydrogen (secondary N) is 2. The van der Waals surface area contributed by atoms with E-state index < -0.39 is 0 Å². The van der Waals surface area contributed by atoms with Crippen LogP contribution in [0.4, 0.5) is 5.95 Å². The van der Waals surface area contributed by atoms with Crippen LogP contribution in [0.2, 0.25) is 0 Å². The molecule has 9 nitrogen and oxygen atoms in total. The number of aliphatic imine (C=N–C) groups is 1. The van der Waals surface area contributed by atoms with Crippen molar-refractivity contribution in [2.45, 2.75) is 33.2 Å². The van der Waals surface area contributed by atoms with Crippen molar-refractivity contribution in [1.82, 2.24) is 30.4 Å². The summed E-state index contributed by atoms with van der Waals surface area (Å²) in [6.07, 6.45) is 4.73. The van der Waals surface area contributed by atoms with Gasteiger partial charge in [0.25, 0.3) is 0 Å². The van der Waals surface area contributed by atoms with Crippen molar-refractivity contribution < 1.29 is 4.74 Å². The molecular weight excluding hydrogens is 404 g/mol. The van der Waals surface area contributed by atoms with Crippen LogP contribution < -0.4 is 15.5 Å². The van der Waals surface area contributed by atoms with E-state index in [9.17, 15) is 0 Å². The van der Waals surface area contributed by atoms with Crippen molar-refractivity contribution in [3.63, 3.8) is 0 Å². The molecule has 32 heavy (non-hydrogen) atoms. The molecule has 2 saturated heterocycles. The molecule has 0 saturated carbocycles. The fourth-order valence-corrected chi connectivity index (χ4v) is 4.32. The van der Waals surface area contributed by atoms with Gasteiger partial charge in [0.2, 0.25) is 5.95 Å². The van der Waals surface area contributed by atoms with Gasteiger partial charge >= 0.3 is 0 Å². The summed E-state index contributed by atoms with van der Waals surface area (Å²) in [5, 5.41) is 6.93. The Morgan fingerprint density at radius 1 is 1.06 bits per heavy atom. The number of hydrogen-bond donors (Lipinski definition) is 2. The highest BCUT2D eigenvalue weighted by molar-refractivity contribution is 5.79. The lowest BCUT2D eigenvalue weighted by molar-refractivity contribution is 0.00867. The first-order chi connectivity index (χ1) is 15.7. The molecule has 1 unspecified atom stereocenters. The van der Waals surface area contributed by atoms with Gasteiger partial charge in [0.05, 0.1) is 19.8 Å². The fraction of sp³-hybridized carbons (Fsp3) is 0.783. The third kappa shape index (κ3) is 7.86. The highest BCUT2D eigenvalue weighted by atomic mass is 16.5. The zero-order valence-corrected chi connectivity index (χ0v) is 20.2. The van der Waals surface area contributed by atoms with Crippen molar-refractivity contribution in [2.75, 3.05) is 83.6 Å². The van der Waals surface area contributed by atoms with Gasteiger partial charge in [-0.15, -0.1) is 0 Å². The van der Waals surface area contributed by atoms with Gasteiger partial charge in [-0.3, -0.25) is 14.8 Å². The molecule has 3 heterocycles. The zero-order valence-electron chi connectivity index (χ0n) is 20.2. The number of hydrogen-bond acceptors (Lipinski definition) is 7. The second-order valence-electron chi connectivity index (χ2n) is 8.84. The average Bonchev–Trinajstić information content (AvgIpc) is 2.83. The fourth-order valence-electron chi connectivity index (χ4n) is 4.32. The first-order valence-electron chi connectivity index (χ1n) is 12.3. The SMILES string of the molecule is CCNC(=NCC(C(C)C)N1CCOCC1)NCCCN1CCN(c2ncccn2)CC1. The summed E-state index contributed by atoms with van der Waals surface area (Å²) >= 11 is 0. The lowest BCUT2D eigenvalue weighted by Gasteiger charge is -2.36. The Balaban J connectivity index is 1.38. The lowest BCUT2D eigenvalue weighted by atomic mass is 10.0. The molecule has 0 bridgehead atoms. The summed E-state index contributed by atoms with van der Waals surface area (Å²) in [6, 6.07) is 2.32. The van der Waals surface area contributed by atoms with Gasteiger partial charge in [-0.05, 0) is 31.9 Å². The van der Waals surface area contributed by atoms with Gasteiger partial charge in [-0.2, -0.15) is 0 Å². The molecule has 0 aromatic carbocycles. The molecule has 1 atom stereocenters. The Kier molecular flexibility index (Phi) is 10.4. The number of morpholine rings is 1. The Morgan fingerprint density at radius 2 is 1.78 bits per heavy atom. The topological polar surface area (TPSA) is 81.2 Å². The first-order valence-corrected chi connectivity index (χ1v) is 12.3. The maximum absolute atomic E-state index is 5.52. The minimum absolute atomic E-state index is 0.458. The highest BCUT2D eigenvalue weighted by Gasteiger charge is 2.23. The second-order valence-corrected chi connectivity index (χ2v) is 8.84. The van der Waals surface area contributed by atoms with Crippen LogP contribution in [0.1, 0.15) is 27.2 Å². The van der Waals surface area contributed by atoms with E-state index in [1.165, 1.54) is 0 Å². The zero-order chi connectivity index (χ0) is 22.6. The molecule has 1 aromatic heterocycles. The normalized spacial score (nSPS) is 19.9. The van der Waals surface area contributed by atoms with Gasteiger partial charge in [0.15, 0.2) is 5.96 Å². The molecular formula is C23H42N8O. The van der Waals surface area contributed by atoms with Crippen LogP contribution in [0.5, 0.6) is 0 Å². The van der Waals surface area contributed by atoms with Crippen molar-refractivity contribution in [3.05, 3.63) is 18.5 Å². The van der Waals surface area contributed by atoms with Gasteiger partial charge in [-0.1, -0.05) is 13.8 Å². The lowest BCUT2D eigenvalue weighted by Crippen LogP contribution is -2.48. The van der Waals surface area contributed by atoms with Gasteiger partial charge in [0.1, 0.15) is 0 Å². The number of anilines is 1. The molecule has 2 N–H and O–H groups in total. The molecule has 0 amide bonds. The summed E-state index contributed by atoms with van der Waals surface area (Å²) in [5.74, 6) is 2.34. The highest BCUT2D eigenvalue weighted by Crippen LogP contribution is 2.13. The summed E-state index contributed by atoms with van der Waals surface area (Å²) in [4.78, 5) is 21.0. The van der Waals surface area contributed by atoms with Crippen molar-refractivity contribution in [3.8, 4) is 0 Å². The molecule has 1 aromatic rings. The van der Waals surface area contributed by atoms with E-state index in [0.717, 1.165) is 97.0 Å². The molecule has 3 rings (SSSR count). The molecule has 180 valence electrons. The molecule has 0 radical (unpaired) electrons. The average molecular weight is 447 g/mol. The van der Waals surface area contributed by atoms with E-state index in [2.05, 4.69) is 56.1 Å². The summed E-state index contributed by atoms with van der Waals surface area (Å²) < 4.78 is 5.52. The van der Waals surface area contributed by atoms with Gasteiger partial charge < -0.3 is 20.3 Å². The van der Waals surface area contributed by atoms with Crippen LogP contribution in [-0.4, -0.2) is 110 Å². The van der Waals surface area contributed by atoms with E-state index in [1.807, 2.05) is 18.5 Å². The van der Waals surface area contributed by atoms with Crippen molar-refractivity contribution >= 4 is 11.9 Å². The standard InChI is InChI=1S/C23H42N8O/c1-4-24-22(28-19-21(20(2)3)30-15-17-32-18-16-30)25-9-6-10-29-11-13-31(14-12-29)23-26-7-5-8-27-23/h5,7-8,20-21H,4,6,9-19H2,1-3H3,(H2,24,25,28). The number of guanidine groups is 1. The predicted octanol–water partition coefficient (Wildman–Crippen LogP) is 0.901. The van der Waals surface area contributed by atoms with Crippen molar-refractivity contribution in [2.24, 2.45) is 10.9 Å². The molecule has 0 aliphatic carbocycles. The first kappa shape index (κ1) is 24.7. The van der Waals surface area contributed by atoms with E-state index in [4.69, 9.17) is 9.73 Å². The Hall–Kier alpha value is -1.97. The van der Waals surface area contributed by atoms with Crippen molar-refractivity contribution in [1.29, 1.82) is 0 Å². The minimum Gasteiger partial charge on any atom is -0.379 e. The quantitative estimate of drug-likeness (QED) is 0.312. The molecule has 2 aliphatic rings. The number of piperazine rings is 1. The molecule has 0 spiro atoms. The predicted molar refractivity (Wildman–Crippen MR) is 130 cm³/mol.